The van der Waals surface area contributed by atoms with Crippen LogP contribution in [0, 0.1) is 13.8 Å². The Morgan fingerprint density at radius 1 is 1.11 bits per heavy atom. The molecule has 2 N–H and O–H groups in total. The molecule has 19 heavy (non-hydrogen) atoms. The van der Waals surface area contributed by atoms with Gasteiger partial charge in [0.2, 0.25) is 0 Å². The fraction of sp³-hybridized carbons (Fsp3) is 0.294. The van der Waals surface area contributed by atoms with Gasteiger partial charge in [0.05, 0.1) is 12.6 Å². The summed E-state index contributed by atoms with van der Waals surface area (Å²) < 4.78 is 5.54. The normalized spacial score (nSPS) is 14.9. The largest absolute Gasteiger partial charge is 0.493 e. The Bertz CT molecular complexity index is 619. The van der Waals surface area contributed by atoms with Crippen LogP contribution in [-0.4, -0.2) is 6.61 Å². The van der Waals surface area contributed by atoms with Crippen molar-refractivity contribution in [2.45, 2.75) is 26.3 Å². The highest BCUT2D eigenvalue weighted by molar-refractivity contribution is 5.45. The van der Waals surface area contributed by atoms with Crippen LogP contribution in [0.25, 0.3) is 0 Å². The molecular formula is C17H19NO. The number of aryl methyl sites for hydroxylation is 2. The Hall–Kier alpha value is -1.80. The lowest BCUT2D eigenvalue weighted by atomic mass is 9.93. The first-order valence-electron chi connectivity index (χ1n) is 6.73. The van der Waals surface area contributed by atoms with Crippen molar-refractivity contribution in [3.05, 3.63) is 64.2 Å². The van der Waals surface area contributed by atoms with E-state index in [0.717, 1.165) is 24.3 Å². The molecule has 0 aromatic heterocycles. The standard InChI is InChI=1S/C17H19NO/c1-11-3-4-12(2)15(9-11)17(18)14-5-6-16-13(10-14)7-8-19-16/h3-6,9-10,17H,7-8,18H2,1-2H3. The van der Waals surface area contributed by atoms with Crippen molar-refractivity contribution in [2.24, 2.45) is 5.73 Å². The van der Waals surface area contributed by atoms with E-state index in [0.29, 0.717) is 0 Å². The maximum absolute atomic E-state index is 6.44. The molecule has 0 saturated heterocycles. The van der Waals surface area contributed by atoms with Crippen LogP contribution < -0.4 is 10.5 Å². The smallest absolute Gasteiger partial charge is 0.122 e. The second-order valence-corrected chi connectivity index (χ2v) is 5.30. The van der Waals surface area contributed by atoms with Crippen LogP contribution in [0.4, 0.5) is 0 Å². The first kappa shape index (κ1) is 12.2. The highest BCUT2D eigenvalue weighted by Crippen LogP contribution is 2.30. The molecule has 2 aromatic carbocycles. The summed E-state index contributed by atoms with van der Waals surface area (Å²) in [5.41, 5.74) is 12.6. The fourth-order valence-corrected chi connectivity index (χ4v) is 2.67. The van der Waals surface area contributed by atoms with Crippen LogP contribution in [0.5, 0.6) is 5.75 Å². The van der Waals surface area contributed by atoms with E-state index in [9.17, 15) is 0 Å². The van der Waals surface area contributed by atoms with Gasteiger partial charge in [0, 0.05) is 6.42 Å². The fourth-order valence-electron chi connectivity index (χ4n) is 2.67. The predicted molar refractivity (Wildman–Crippen MR) is 77.6 cm³/mol. The van der Waals surface area contributed by atoms with Gasteiger partial charge in [-0.3, -0.25) is 0 Å². The van der Waals surface area contributed by atoms with E-state index in [1.807, 2.05) is 6.07 Å². The van der Waals surface area contributed by atoms with Crippen molar-refractivity contribution in [2.75, 3.05) is 6.61 Å². The van der Waals surface area contributed by atoms with Crippen LogP contribution in [0.15, 0.2) is 36.4 Å². The van der Waals surface area contributed by atoms with Crippen molar-refractivity contribution in [1.82, 2.24) is 0 Å². The van der Waals surface area contributed by atoms with Gasteiger partial charge in [0.25, 0.3) is 0 Å². The third-order valence-electron chi connectivity index (χ3n) is 3.84. The monoisotopic (exact) mass is 253 g/mol. The number of hydrogen-bond donors (Lipinski definition) is 1. The Morgan fingerprint density at radius 3 is 2.79 bits per heavy atom. The molecule has 2 heteroatoms. The van der Waals surface area contributed by atoms with Gasteiger partial charge in [-0.05, 0) is 42.2 Å². The van der Waals surface area contributed by atoms with Crippen molar-refractivity contribution >= 4 is 0 Å². The Morgan fingerprint density at radius 2 is 1.95 bits per heavy atom. The van der Waals surface area contributed by atoms with E-state index in [1.165, 1.54) is 22.3 Å². The molecule has 0 bridgehead atoms. The lowest BCUT2D eigenvalue weighted by molar-refractivity contribution is 0.357. The minimum Gasteiger partial charge on any atom is -0.493 e. The van der Waals surface area contributed by atoms with Crippen LogP contribution in [0.1, 0.15) is 33.9 Å². The quantitative estimate of drug-likeness (QED) is 0.891. The molecule has 0 spiro atoms. The van der Waals surface area contributed by atoms with Crippen LogP contribution in [0.2, 0.25) is 0 Å². The van der Waals surface area contributed by atoms with E-state index in [-0.39, 0.29) is 6.04 Å². The second-order valence-electron chi connectivity index (χ2n) is 5.30. The molecular weight excluding hydrogens is 234 g/mol. The summed E-state index contributed by atoms with van der Waals surface area (Å²) in [4.78, 5) is 0. The van der Waals surface area contributed by atoms with E-state index in [4.69, 9.17) is 10.5 Å². The molecule has 0 fully saturated rings. The maximum atomic E-state index is 6.44. The van der Waals surface area contributed by atoms with Crippen LogP contribution >= 0.6 is 0 Å². The van der Waals surface area contributed by atoms with E-state index in [2.05, 4.69) is 44.2 Å². The van der Waals surface area contributed by atoms with Crippen molar-refractivity contribution < 1.29 is 4.74 Å². The summed E-state index contributed by atoms with van der Waals surface area (Å²) in [5.74, 6) is 1.01. The lowest BCUT2D eigenvalue weighted by Crippen LogP contribution is -2.13. The van der Waals surface area contributed by atoms with Crippen molar-refractivity contribution in [3.63, 3.8) is 0 Å². The molecule has 1 unspecified atom stereocenters. The molecule has 0 amide bonds. The van der Waals surface area contributed by atoms with E-state index < -0.39 is 0 Å². The highest BCUT2D eigenvalue weighted by Gasteiger charge is 2.16. The number of hydrogen-bond acceptors (Lipinski definition) is 2. The molecule has 1 aliphatic heterocycles. The van der Waals surface area contributed by atoms with Gasteiger partial charge in [-0.15, -0.1) is 0 Å². The van der Waals surface area contributed by atoms with Gasteiger partial charge in [0.15, 0.2) is 0 Å². The third kappa shape index (κ3) is 2.24. The van der Waals surface area contributed by atoms with Gasteiger partial charge in [-0.2, -0.15) is 0 Å². The zero-order valence-electron chi connectivity index (χ0n) is 11.4. The summed E-state index contributed by atoms with van der Waals surface area (Å²) in [5, 5.41) is 0. The summed E-state index contributed by atoms with van der Waals surface area (Å²) in [6, 6.07) is 12.7. The number of ether oxygens (including phenoxy) is 1. The summed E-state index contributed by atoms with van der Waals surface area (Å²) in [6.45, 7) is 5.01. The van der Waals surface area contributed by atoms with E-state index >= 15 is 0 Å². The summed E-state index contributed by atoms with van der Waals surface area (Å²) >= 11 is 0. The van der Waals surface area contributed by atoms with Gasteiger partial charge >= 0.3 is 0 Å². The minimum atomic E-state index is -0.0641. The average Bonchev–Trinajstić information content (AvgIpc) is 2.88. The first-order chi connectivity index (χ1) is 9.15. The SMILES string of the molecule is Cc1ccc(C)c(C(N)c2ccc3c(c2)CCO3)c1. The molecule has 0 radical (unpaired) electrons. The molecule has 0 saturated carbocycles. The van der Waals surface area contributed by atoms with Crippen LogP contribution in [0.3, 0.4) is 0 Å². The van der Waals surface area contributed by atoms with Gasteiger partial charge in [-0.25, -0.2) is 0 Å². The summed E-state index contributed by atoms with van der Waals surface area (Å²) in [6.07, 6.45) is 0.989. The zero-order valence-corrected chi connectivity index (χ0v) is 11.4. The lowest BCUT2D eigenvalue weighted by Gasteiger charge is -2.17. The Labute approximate surface area is 114 Å². The molecule has 1 aliphatic rings. The number of benzene rings is 2. The topological polar surface area (TPSA) is 35.2 Å². The molecule has 98 valence electrons. The van der Waals surface area contributed by atoms with Crippen molar-refractivity contribution in [1.29, 1.82) is 0 Å². The number of nitrogens with two attached hydrogens (primary N) is 1. The third-order valence-corrected chi connectivity index (χ3v) is 3.84. The molecule has 1 atom stereocenters. The van der Waals surface area contributed by atoms with Gasteiger partial charge < -0.3 is 10.5 Å². The Kier molecular flexibility index (Phi) is 3.03. The highest BCUT2D eigenvalue weighted by atomic mass is 16.5. The zero-order chi connectivity index (χ0) is 13.4. The van der Waals surface area contributed by atoms with E-state index in [1.54, 1.807) is 0 Å². The summed E-state index contributed by atoms with van der Waals surface area (Å²) in [7, 11) is 0. The van der Waals surface area contributed by atoms with Gasteiger partial charge in [-0.1, -0.05) is 35.9 Å². The van der Waals surface area contributed by atoms with Crippen molar-refractivity contribution in [3.8, 4) is 5.75 Å². The maximum Gasteiger partial charge on any atom is 0.122 e. The molecule has 1 heterocycles. The Balaban J connectivity index is 1.99. The molecule has 2 aromatic rings. The molecule has 2 nitrogen and oxygen atoms in total. The average molecular weight is 253 g/mol. The first-order valence-corrected chi connectivity index (χ1v) is 6.73. The molecule has 3 rings (SSSR count). The number of rotatable bonds is 2. The van der Waals surface area contributed by atoms with Gasteiger partial charge in [0.1, 0.15) is 5.75 Å². The number of fused-ring (bicyclic) bond motifs is 1. The second kappa shape index (κ2) is 4.71. The predicted octanol–water partition coefficient (Wildman–Crippen LogP) is 3.29. The minimum absolute atomic E-state index is 0.0641. The molecule has 0 aliphatic carbocycles. The van der Waals surface area contributed by atoms with Crippen LogP contribution in [-0.2, 0) is 6.42 Å².